The van der Waals surface area contributed by atoms with Crippen molar-refractivity contribution in [2.24, 2.45) is 5.92 Å². The van der Waals surface area contributed by atoms with Gasteiger partial charge in [0.2, 0.25) is 0 Å². The lowest BCUT2D eigenvalue weighted by molar-refractivity contribution is 0.0681. The second-order valence-corrected chi connectivity index (χ2v) is 10.8. The highest BCUT2D eigenvalue weighted by molar-refractivity contribution is 7.84. The summed E-state index contributed by atoms with van der Waals surface area (Å²) in [5, 5.41) is 9.14. The van der Waals surface area contributed by atoms with Crippen molar-refractivity contribution in [2.45, 2.75) is 26.3 Å². The van der Waals surface area contributed by atoms with Crippen LogP contribution < -0.4 is 5.32 Å². The Morgan fingerprint density at radius 2 is 1.85 bits per heavy atom. The first-order chi connectivity index (χ1) is 16.3. The molecule has 7 nitrogen and oxygen atoms in total. The molecule has 0 aliphatic carbocycles. The van der Waals surface area contributed by atoms with E-state index in [1.165, 1.54) is 0 Å². The van der Waals surface area contributed by atoms with Gasteiger partial charge in [0.1, 0.15) is 0 Å². The van der Waals surface area contributed by atoms with Crippen LogP contribution in [0.5, 0.6) is 0 Å². The van der Waals surface area contributed by atoms with Crippen LogP contribution in [0.15, 0.2) is 42.6 Å². The number of likely N-dealkylation sites (tertiary alicyclic amines) is 1. The minimum Gasteiger partial charge on any atom is -0.351 e. The molecule has 1 unspecified atom stereocenters. The fourth-order valence-corrected chi connectivity index (χ4v) is 4.90. The molecule has 9 heteroatoms. The molecule has 1 fully saturated rings. The molecule has 180 valence electrons. The van der Waals surface area contributed by atoms with Gasteiger partial charge in [0, 0.05) is 76.7 Å². The zero-order chi connectivity index (χ0) is 24.2. The first-order valence-corrected chi connectivity index (χ1v) is 13.5. The maximum atomic E-state index is 12.7. The van der Waals surface area contributed by atoms with E-state index in [0.29, 0.717) is 34.4 Å². The highest BCUT2D eigenvalue weighted by Gasteiger charge is 2.24. The lowest BCUT2D eigenvalue weighted by Gasteiger charge is -2.32. The summed E-state index contributed by atoms with van der Waals surface area (Å²) in [6.45, 7) is 4.54. The van der Waals surface area contributed by atoms with E-state index in [4.69, 9.17) is 16.7 Å². The third-order valence-electron chi connectivity index (χ3n) is 6.36. The second kappa shape index (κ2) is 10.7. The molecule has 4 rings (SSSR count). The topological polar surface area (TPSA) is 84.3 Å². The van der Waals surface area contributed by atoms with Crippen LogP contribution in [-0.2, 0) is 17.3 Å². The number of carbonyl (C=O) groups is 2. The molecule has 1 aromatic heterocycles. The molecule has 2 heterocycles. The molecule has 1 N–H and O–H groups in total. The van der Waals surface area contributed by atoms with Gasteiger partial charge in [-0.25, -0.2) is 0 Å². The zero-order valence-electron chi connectivity index (χ0n) is 19.4. The fraction of sp³-hybridized carbons (Fsp3) is 0.400. The van der Waals surface area contributed by atoms with Crippen molar-refractivity contribution in [3.05, 3.63) is 64.3 Å². The van der Waals surface area contributed by atoms with Crippen LogP contribution in [0.1, 0.15) is 39.1 Å². The molecule has 1 atom stereocenters. The first-order valence-electron chi connectivity index (χ1n) is 11.4. The van der Waals surface area contributed by atoms with Crippen molar-refractivity contribution < 1.29 is 13.8 Å². The van der Waals surface area contributed by atoms with E-state index < -0.39 is 10.8 Å². The molecule has 0 radical (unpaired) electrons. The molecule has 1 aliphatic rings. The number of fused-ring (bicyclic) bond motifs is 1. The van der Waals surface area contributed by atoms with Gasteiger partial charge in [0.25, 0.3) is 11.8 Å². The Bertz CT molecular complexity index is 1220. The summed E-state index contributed by atoms with van der Waals surface area (Å²) in [6.07, 6.45) is 5.47. The van der Waals surface area contributed by atoms with Crippen molar-refractivity contribution >= 4 is 45.1 Å². The quantitative estimate of drug-likeness (QED) is 0.536. The van der Waals surface area contributed by atoms with Gasteiger partial charge in [-0.1, -0.05) is 11.6 Å². The van der Waals surface area contributed by atoms with Crippen LogP contribution in [0.2, 0.25) is 5.02 Å². The number of carbonyl (C=O) groups excluding carboxylic acids is 2. The molecule has 34 heavy (non-hydrogen) atoms. The van der Waals surface area contributed by atoms with Gasteiger partial charge in [-0.15, -0.1) is 0 Å². The summed E-state index contributed by atoms with van der Waals surface area (Å²) in [6, 6.07) is 10.7. The molecule has 0 saturated carbocycles. The number of hydrogen-bond donors (Lipinski definition) is 1. The normalized spacial score (nSPS) is 15.4. The maximum Gasteiger partial charge on any atom is 0.253 e. The Labute approximate surface area is 206 Å². The van der Waals surface area contributed by atoms with Gasteiger partial charge in [-0.05, 0) is 67.6 Å². The number of piperidine rings is 1. The van der Waals surface area contributed by atoms with Crippen LogP contribution in [0.3, 0.4) is 0 Å². The van der Waals surface area contributed by atoms with E-state index in [9.17, 15) is 13.8 Å². The number of hydrogen-bond acceptors (Lipinski definition) is 4. The van der Waals surface area contributed by atoms with Crippen molar-refractivity contribution in [2.75, 3.05) is 31.6 Å². The average Bonchev–Trinajstić information content (AvgIpc) is 3.23. The highest BCUT2D eigenvalue weighted by Crippen LogP contribution is 2.25. The van der Waals surface area contributed by atoms with E-state index in [0.717, 1.165) is 48.9 Å². The summed E-state index contributed by atoms with van der Waals surface area (Å²) >= 11 is 5.93. The number of aryl methyl sites for hydroxylation is 1. The molecular weight excluding hydrogens is 472 g/mol. The van der Waals surface area contributed by atoms with Crippen LogP contribution >= 0.6 is 11.6 Å². The number of nitrogens with one attached hydrogen (secondary N) is 1. The summed E-state index contributed by atoms with van der Waals surface area (Å²) in [7, 11) is -0.937. The monoisotopic (exact) mass is 500 g/mol. The Morgan fingerprint density at radius 1 is 1.15 bits per heavy atom. The van der Waals surface area contributed by atoms with Crippen molar-refractivity contribution in [3.63, 3.8) is 0 Å². The third kappa shape index (κ3) is 5.67. The summed E-state index contributed by atoms with van der Waals surface area (Å²) in [4.78, 5) is 27.2. The van der Waals surface area contributed by atoms with E-state index in [-0.39, 0.29) is 11.8 Å². The maximum absolute atomic E-state index is 12.7. The summed E-state index contributed by atoms with van der Waals surface area (Å²) < 4.78 is 13.2. The SMILES string of the molecule is Cc1c(C(=O)NCCS(C)=O)ccc2nn(CC3CCN(C(=O)c4ccc(Cl)cc4)CC3)cc12. The van der Waals surface area contributed by atoms with E-state index >= 15 is 0 Å². The Balaban J connectivity index is 1.37. The third-order valence-corrected chi connectivity index (χ3v) is 7.40. The second-order valence-electron chi connectivity index (χ2n) is 8.80. The lowest BCUT2D eigenvalue weighted by atomic mass is 9.96. The number of halogens is 1. The van der Waals surface area contributed by atoms with E-state index in [1.807, 2.05) is 28.8 Å². The van der Waals surface area contributed by atoms with Gasteiger partial charge in [0.05, 0.1) is 5.52 Å². The Hall–Kier alpha value is -2.71. The molecule has 1 saturated heterocycles. The van der Waals surface area contributed by atoms with Gasteiger partial charge < -0.3 is 10.2 Å². The van der Waals surface area contributed by atoms with Crippen LogP contribution in [0.25, 0.3) is 10.9 Å². The average molecular weight is 501 g/mol. The zero-order valence-corrected chi connectivity index (χ0v) is 21.0. The van der Waals surface area contributed by atoms with Crippen LogP contribution in [-0.4, -0.2) is 62.3 Å². The minimum atomic E-state index is -0.937. The van der Waals surface area contributed by atoms with Crippen molar-refractivity contribution in [3.8, 4) is 0 Å². The number of amides is 2. The van der Waals surface area contributed by atoms with Crippen molar-refractivity contribution in [1.82, 2.24) is 20.0 Å². The molecule has 3 aromatic rings. The predicted octanol–water partition coefficient (Wildman–Crippen LogP) is 3.66. The first kappa shape index (κ1) is 24.4. The molecule has 1 aliphatic heterocycles. The van der Waals surface area contributed by atoms with Gasteiger partial charge >= 0.3 is 0 Å². The van der Waals surface area contributed by atoms with Gasteiger partial charge in [-0.3, -0.25) is 18.5 Å². The highest BCUT2D eigenvalue weighted by atomic mass is 35.5. The molecular formula is C25H29ClN4O3S. The fourth-order valence-electron chi connectivity index (χ4n) is 4.38. The lowest BCUT2D eigenvalue weighted by Crippen LogP contribution is -2.39. The molecule has 2 amide bonds. The minimum absolute atomic E-state index is 0.0477. The molecule has 0 bridgehead atoms. The van der Waals surface area contributed by atoms with E-state index in [1.54, 1.807) is 36.6 Å². The molecule has 0 spiro atoms. The summed E-state index contributed by atoms with van der Waals surface area (Å²) in [5.74, 6) is 0.762. The largest absolute Gasteiger partial charge is 0.351 e. The van der Waals surface area contributed by atoms with Crippen LogP contribution in [0, 0.1) is 12.8 Å². The Morgan fingerprint density at radius 3 is 2.53 bits per heavy atom. The molecule has 2 aromatic carbocycles. The predicted molar refractivity (Wildman–Crippen MR) is 136 cm³/mol. The van der Waals surface area contributed by atoms with E-state index in [2.05, 4.69) is 5.32 Å². The van der Waals surface area contributed by atoms with Gasteiger partial charge in [0.15, 0.2) is 0 Å². The van der Waals surface area contributed by atoms with Crippen LogP contribution in [0.4, 0.5) is 0 Å². The standard InChI is InChI=1S/C25H29ClN4O3S/c1-17-21(24(31)27-11-14-34(2)33)7-8-23-22(17)16-30(28-23)15-18-9-12-29(13-10-18)25(32)19-3-5-20(26)6-4-19/h3-8,16,18H,9-15H2,1-2H3,(H,27,31). The number of benzene rings is 2. The number of aromatic nitrogens is 2. The smallest absolute Gasteiger partial charge is 0.253 e. The van der Waals surface area contributed by atoms with Gasteiger partial charge in [-0.2, -0.15) is 5.10 Å². The summed E-state index contributed by atoms with van der Waals surface area (Å²) in [5.41, 5.74) is 3.03. The Kier molecular flexibility index (Phi) is 7.68. The number of nitrogens with zero attached hydrogens (tertiary/aromatic N) is 3. The number of rotatable bonds is 7. The van der Waals surface area contributed by atoms with Crippen molar-refractivity contribution in [1.29, 1.82) is 0 Å².